The molecule has 0 spiro atoms. The Bertz CT molecular complexity index is 1690. The zero-order valence-corrected chi connectivity index (χ0v) is 26.0. The third-order valence-electron chi connectivity index (χ3n) is 11.1. The van der Waals surface area contributed by atoms with Gasteiger partial charge in [-0.25, -0.2) is 0 Å². The molecule has 45 heavy (non-hydrogen) atoms. The molecule has 4 aliphatic heterocycles. The number of nitrogens with one attached hydrogen (secondary N) is 2. The zero-order chi connectivity index (χ0) is 31.2. The van der Waals surface area contributed by atoms with Gasteiger partial charge in [0.05, 0.1) is 5.92 Å². The Morgan fingerprint density at radius 1 is 1.24 bits per heavy atom. The number of rotatable bonds is 5. The van der Waals surface area contributed by atoms with Crippen LogP contribution in [0, 0.1) is 17.8 Å². The summed E-state index contributed by atoms with van der Waals surface area (Å²) in [6.45, 7) is 4.61. The summed E-state index contributed by atoms with van der Waals surface area (Å²) in [4.78, 5) is 51.3. The Morgan fingerprint density at radius 2 is 2.09 bits per heavy atom. The van der Waals surface area contributed by atoms with Crippen LogP contribution in [0.1, 0.15) is 50.7 Å². The molecule has 6 aliphatic rings. The van der Waals surface area contributed by atoms with Crippen LogP contribution in [0.3, 0.4) is 0 Å². The van der Waals surface area contributed by atoms with Crippen molar-refractivity contribution >= 4 is 34.2 Å². The quantitative estimate of drug-likeness (QED) is 0.479. The van der Waals surface area contributed by atoms with Crippen molar-refractivity contribution in [3.63, 3.8) is 0 Å². The van der Waals surface area contributed by atoms with E-state index in [2.05, 4.69) is 33.5 Å². The second kappa shape index (κ2) is 10.1. The lowest BCUT2D eigenvalue weighted by Gasteiger charge is -2.49. The van der Waals surface area contributed by atoms with Crippen LogP contribution < -0.4 is 5.32 Å². The Balaban J connectivity index is 1.14. The van der Waals surface area contributed by atoms with Crippen molar-refractivity contribution in [1.29, 1.82) is 0 Å². The summed E-state index contributed by atoms with van der Waals surface area (Å²) in [7, 11) is 2.04. The standard InChI is InChI=1S/C35H41N5O5/c1-20(2)34(37-31(41)23-16-25-24-11-7-12-26-30(24)22(18-36-26)17-27(25)38(3)19-23)33(43)40-28(15-21-9-5-4-6-10-21)32(42)39-14-8-13-29(39)35(40,44)45-34/h4-7,9,11-12,16,18,20-21,23,27-29,36,44H,8,10,13-15,17,19H2,1-3H3,(H,37,41). The summed E-state index contributed by atoms with van der Waals surface area (Å²) in [5.74, 6) is -4.10. The molecule has 3 N–H and O–H groups in total. The number of hydrogen-bond donors (Lipinski definition) is 3. The fourth-order valence-corrected chi connectivity index (χ4v) is 8.75. The molecular formula is C35H41N5O5. The smallest absolute Gasteiger partial charge is 0.281 e. The third-order valence-corrected chi connectivity index (χ3v) is 11.1. The van der Waals surface area contributed by atoms with Crippen LogP contribution in [-0.2, 0) is 25.5 Å². The number of aromatic nitrogens is 1. The molecule has 3 fully saturated rings. The number of allylic oxidation sites excluding steroid dienone is 4. The fourth-order valence-electron chi connectivity index (χ4n) is 8.75. The molecule has 0 radical (unpaired) electrons. The average Bonchev–Trinajstić information content (AvgIpc) is 3.74. The topological polar surface area (TPSA) is 118 Å². The molecule has 236 valence electrons. The second-order valence-electron chi connectivity index (χ2n) is 14.0. The van der Waals surface area contributed by atoms with Gasteiger partial charge < -0.3 is 20.3 Å². The monoisotopic (exact) mass is 611 g/mol. The third kappa shape index (κ3) is 4.08. The molecule has 2 aliphatic carbocycles. The number of carbonyl (C=O) groups excluding carboxylic acids is 3. The molecule has 1 aromatic carbocycles. The normalized spacial score (nSPS) is 35.6. The first-order chi connectivity index (χ1) is 21.6. The van der Waals surface area contributed by atoms with E-state index in [1.807, 2.05) is 57.3 Å². The number of carbonyl (C=O) groups is 3. The summed E-state index contributed by atoms with van der Waals surface area (Å²) < 4.78 is 6.51. The van der Waals surface area contributed by atoms with Crippen molar-refractivity contribution in [2.24, 2.45) is 17.8 Å². The Kier molecular flexibility index (Phi) is 6.47. The molecule has 1 aromatic heterocycles. The van der Waals surface area contributed by atoms with Gasteiger partial charge in [0.2, 0.25) is 17.5 Å². The molecule has 5 heterocycles. The van der Waals surface area contributed by atoms with Gasteiger partial charge in [-0.15, -0.1) is 0 Å². The minimum absolute atomic E-state index is 0.0432. The van der Waals surface area contributed by atoms with Crippen molar-refractivity contribution in [2.45, 2.75) is 75.7 Å². The number of aliphatic hydroxyl groups is 1. The first-order valence-corrected chi connectivity index (χ1v) is 16.4. The first-order valence-electron chi connectivity index (χ1n) is 16.4. The molecule has 3 amide bonds. The number of nitrogens with zero attached hydrogens (tertiary/aromatic N) is 3. The Hall–Kier alpha value is -3.73. The summed E-state index contributed by atoms with van der Waals surface area (Å²) in [6, 6.07) is 4.78. The van der Waals surface area contributed by atoms with E-state index < -0.39 is 41.5 Å². The van der Waals surface area contributed by atoms with E-state index in [-0.39, 0.29) is 23.8 Å². The van der Waals surface area contributed by atoms with Gasteiger partial charge in [0.25, 0.3) is 11.8 Å². The van der Waals surface area contributed by atoms with E-state index in [0.29, 0.717) is 32.4 Å². The molecule has 0 saturated carbocycles. The highest BCUT2D eigenvalue weighted by Gasteiger charge is 2.72. The summed E-state index contributed by atoms with van der Waals surface area (Å²) in [6.07, 6.45) is 15.4. The van der Waals surface area contributed by atoms with E-state index >= 15 is 0 Å². The number of aromatic amines is 1. The maximum absolute atomic E-state index is 14.6. The van der Waals surface area contributed by atoms with Gasteiger partial charge in [0.15, 0.2) is 0 Å². The van der Waals surface area contributed by atoms with Crippen molar-refractivity contribution in [3.8, 4) is 0 Å². The molecule has 7 unspecified atom stereocenters. The molecule has 10 nitrogen and oxygen atoms in total. The number of likely N-dealkylation sites (N-methyl/N-ethyl adjacent to an activating group) is 1. The number of hydrogen-bond acceptors (Lipinski definition) is 6. The van der Waals surface area contributed by atoms with Gasteiger partial charge in [0.1, 0.15) is 12.1 Å². The van der Waals surface area contributed by atoms with Crippen molar-refractivity contribution in [2.75, 3.05) is 20.1 Å². The largest absolute Gasteiger partial charge is 0.361 e. The van der Waals surface area contributed by atoms with Crippen LogP contribution >= 0.6 is 0 Å². The summed E-state index contributed by atoms with van der Waals surface area (Å²) in [5, 5.41) is 16.5. The molecule has 2 aromatic rings. The number of amides is 3. The second-order valence-corrected chi connectivity index (χ2v) is 14.0. The van der Waals surface area contributed by atoms with E-state index in [1.165, 1.54) is 15.8 Å². The lowest BCUT2D eigenvalue weighted by Crippen LogP contribution is -2.71. The maximum Gasteiger partial charge on any atom is 0.281 e. The van der Waals surface area contributed by atoms with Crippen LogP contribution in [0.2, 0.25) is 0 Å². The number of fused-ring (bicyclic) bond motifs is 5. The average molecular weight is 612 g/mol. The predicted octanol–water partition coefficient (Wildman–Crippen LogP) is 2.91. The lowest BCUT2D eigenvalue weighted by molar-refractivity contribution is -0.322. The Morgan fingerprint density at radius 3 is 2.87 bits per heavy atom. The summed E-state index contributed by atoms with van der Waals surface area (Å²) in [5.41, 5.74) is 2.76. The van der Waals surface area contributed by atoms with Crippen molar-refractivity contribution in [3.05, 3.63) is 65.9 Å². The van der Waals surface area contributed by atoms with E-state index in [9.17, 15) is 19.5 Å². The van der Waals surface area contributed by atoms with Crippen molar-refractivity contribution < 1.29 is 24.2 Å². The molecular weight excluding hydrogens is 570 g/mol. The van der Waals surface area contributed by atoms with Crippen LogP contribution in [0.4, 0.5) is 0 Å². The first kappa shape index (κ1) is 28.7. The number of H-pyrrole nitrogens is 1. The van der Waals surface area contributed by atoms with Gasteiger partial charge in [-0.3, -0.25) is 28.9 Å². The lowest BCUT2D eigenvalue weighted by atomic mass is 9.79. The fraction of sp³-hybridized carbons (Fsp3) is 0.514. The predicted molar refractivity (Wildman–Crippen MR) is 168 cm³/mol. The molecule has 0 bridgehead atoms. The van der Waals surface area contributed by atoms with Crippen LogP contribution in [-0.4, -0.2) is 92.4 Å². The molecule has 8 rings (SSSR count). The minimum Gasteiger partial charge on any atom is -0.361 e. The van der Waals surface area contributed by atoms with Gasteiger partial charge in [-0.1, -0.05) is 56.4 Å². The van der Waals surface area contributed by atoms with E-state index in [0.717, 1.165) is 29.5 Å². The van der Waals surface area contributed by atoms with Crippen LogP contribution in [0.15, 0.2) is 54.8 Å². The Labute approximate surface area is 262 Å². The van der Waals surface area contributed by atoms with Crippen LogP contribution in [0.5, 0.6) is 0 Å². The number of piperazine rings is 1. The highest BCUT2D eigenvalue weighted by molar-refractivity contribution is 6.01. The number of benzene rings is 1. The molecule has 10 heteroatoms. The molecule has 3 saturated heterocycles. The van der Waals surface area contributed by atoms with Gasteiger partial charge >= 0.3 is 0 Å². The highest BCUT2D eigenvalue weighted by Crippen LogP contribution is 2.49. The number of ether oxygens (including phenoxy) is 1. The minimum atomic E-state index is -2.03. The SMILES string of the molecule is CC(C)C1(NC(=O)C2C=C3c4cccc5[nH]cc(c45)CC3N(C)C2)OC2(O)C3CCCN3C(=O)C(CC3C=CC=CC3)N2C1=O. The highest BCUT2D eigenvalue weighted by atomic mass is 16.7. The van der Waals surface area contributed by atoms with Crippen LogP contribution in [0.25, 0.3) is 16.5 Å². The summed E-state index contributed by atoms with van der Waals surface area (Å²) >= 11 is 0. The van der Waals surface area contributed by atoms with E-state index in [1.54, 1.807) is 4.90 Å². The van der Waals surface area contributed by atoms with Crippen molar-refractivity contribution in [1.82, 2.24) is 25.0 Å². The maximum atomic E-state index is 14.6. The molecule has 7 atom stereocenters. The van der Waals surface area contributed by atoms with Gasteiger partial charge in [-0.05, 0) is 67.8 Å². The van der Waals surface area contributed by atoms with Gasteiger partial charge in [-0.2, -0.15) is 0 Å². The van der Waals surface area contributed by atoms with Gasteiger partial charge in [0, 0.05) is 42.1 Å². The zero-order valence-electron chi connectivity index (χ0n) is 26.0. The van der Waals surface area contributed by atoms with E-state index in [4.69, 9.17) is 4.74 Å².